The van der Waals surface area contributed by atoms with Crippen LogP contribution in [0.15, 0.2) is 0 Å². The van der Waals surface area contributed by atoms with Crippen LogP contribution in [0, 0.1) is 0 Å². The third-order valence-corrected chi connectivity index (χ3v) is 3.90. The van der Waals surface area contributed by atoms with Gasteiger partial charge in [0.2, 0.25) is 0 Å². The molecule has 10 nitrogen and oxygen atoms in total. The number of rotatable bonds is 6. The van der Waals surface area contributed by atoms with Crippen LogP contribution < -0.4 is 16.0 Å². The molecule has 1 heterocycles. The van der Waals surface area contributed by atoms with Gasteiger partial charge in [-0.1, -0.05) is 0 Å². The number of nitrogens with one attached hydrogen (secondary N) is 3. The van der Waals surface area contributed by atoms with Crippen molar-refractivity contribution in [1.29, 1.82) is 0 Å². The first-order valence-corrected chi connectivity index (χ1v) is 7.88. The summed E-state index contributed by atoms with van der Waals surface area (Å²) in [6.45, 7) is 2.37. The minimum atomic E-state index is -1.33. The predicted molar refractivity (Wildman–Crippen MR) is 84.8 cm³/mol. The molecule has 0 radical (unpaired) electrons. The molecule has 0 unspecified atom stereocenters. The molecule has 138 valence electrons. The third-order valence-electron chi connectivity index (χ3n) is 3.90. The quantitative estimate of drug-likeness (QED) is 0.325. The fourth-order valence-corrected chi connectivity index (χ4v) is 2.82. The molecule has 0 amide bonds. The number of carboxylic acids is 3. The van der Waals surface area contributed by atoms with Gasteiger partial charge in [0.15, 0.2) is 0 Å². The minimum absolute atomic E-state index is 0.0717. The molecule has 0 aromatic heterocycles. The molecule has 0 aromatic rings. The lowest BCUT2D eigenvalue weighted by molar-refractivity contribution is -0.150. The first kappa shape index (κ1) is 20.3. The fraction of sp³-hybridized carbons (Fsp3) is 0.786. The highest BCUT2D eigenvalue weighted by molar-refractivity contribution is 5.74. The fourth-order valence-electron chi connectivity index (χ4n) is 2.82. The predicted octanol–water partition coefficient (Wildman–Crippen LogP) is -1.81. The van der Waals surface area contributed by atoms with Gasteiger partial charge in [-0.25, -0.2) is 0 Å². The summed E-state index contributed by atoms with van der Waals surface area (Å²) in [4.78, 5) is 35.3. The average molecular weight is 346 g/mol. The Labute approximate surface area is 140 Å². The topological polar surface area (TPSA) is 151 Å². The van der Waals surface area contributed by atoms with Crippen LogP contribution in [-0.2, 0) is 14.4 Å². The highest BCUT2D eigenvalue weighted by Crippen LogP contribution is 2.24. The molecule has 1 rings (SSSR count). The highest BCUT2D eigenvalue weighted by Gasteiger charge is 2.41. The largest absolute Gasteiger partial charge is 0.481 e. The Hall–Kier alpha value is -1.75. The van der Waals surface area contributed by atoms with Gasteiger partial charge in [-0.3, -0.25) is 19.3 Å². The molecule has 10 heteroatoms. The van der Waals surface area contributed by atoms with Gasteiger partial charge >= 0.3 is 17.9 Å². The molecule has 0 aromatic carbocycles. The van der Waals surface area contributed by atoms with E-state index in [4.69, 9.17) is 5.11 Å². The smallest absolute Gasteiger partial charge is 0.317 e. The van der Waals surface area contributed by atoms with Crippen LogP contribution in [0.2, 0.25) is 0 Å². The van der Waals surface area contributed by atoms with Crippen molar-refractivity contribution in [2.45, 2.75) is 24.8 Å². The van der Waals surface area contributed by atoms with Crippen molar-refractivity contribution in [2.24, 2.45) is 0 Å². The third kappa shape index (κ3) is 7.21. The lowest BCUT2D eigenvalue weighted by Gasteiger charge is -2.42. The minimum Gasteiger partial charge on any atom is -0.481 e. The van der Waals surface area contributed by atoms with E-state index in [1.54, 1.807) is 0 Å². The zero-order valence-corrected chi connectivity index (χ0v) is 13.6. The van der Waals surface area contributed by atoms with Crippen LogP contribution in [0.3, 0.4) is 0 Å². The molecule has 1 aliphatic heterocycles. The normalized spacial score (nSPS) is 20.5. The van der Waals surface area contributed by atoms with E-state index in [0.717, 1.165) is 13.0 Å². The number of aliphatic carboxylic acids is 3. The van der Waals surface area contributed by atoms with Crippen LogP contribution in [0.4, 0.5) is 0 Å². The lowest BCUT2D eigenvalue weighted by atomic mass is 9.88. The zero-order valence-electron chi connectivity index (χ0n) is 13.6. The molecule has 6 N–H and O–H groups in total. The van der Waals surface area contributed by atoms with Crippen molar-refractivity contribution in [3.63, 3.8) is 0 Å². The van der Waals surface area contributed by atoms with Crippen LogP contribution in [0.25, 0.3) is 0 Å². The molecule has 1 fully saturated rings. The molecule has 0 atom stereocenters. The van der Waals surface area contributed by atoms with Crippen LogP contribution >= 0.6 is 0 Å². The van der Waals surface area contributed by atoms with Gasteiger partial charge in [0.25, 0.3) is 0 Å². The Bertz CT molecular complexity index is 429. The van der Waals surface area contributed by atoms with Crippen LogP contribution in [0.1, 0.15) is 19.3 Å². The van der Waals surface area contributed by atoms with E-state index in [1.165, 1.54) is 4.90 Å². The van der Waals surface area contributed by atoms with E-state index < -0.39 is 42.8 Å². The Kier molecular flexibility index (Phi) is 8.61. The zero-order chi connectivity index (χ0) is 18.0. The summed E-state index contributed by atoms with van der Waals surface area (Å²) in [5.41, 5.74) is -1.33. The number of hydrogen-bond acceptors (Lipinski definition) is 7. The number of carboxylic acid groups (broad SMARTS) is 3. The second-order valence-corrected chi connectivity index (χ2v) is 5.90. The van der Waals surface area contributed by atoms with Crippen molar-refractivity contribution in [2.75, 3.05) is 45.9 Å². The van der Waals surface area contributed by atoms with E-state index in [9.17, 15) is 24.6 Å². The van der Waals surface area contributed by atoms with Crippen LogP contribution in [0.5, 0.6) is 0 Å². The van der Waals surface area contributed by atoms with Crippen molar-refractivity contribution < 1.29 is 29.7 Å². The van der Waals surface area contributed by atoms with Gasteiger partial charge in [-0.2, -0.15) is 0 Å². The summed E-state index contributed by atoms with van der Waals surface area (Å²) < 4.78 is 0. The molecule has 0 bridgehead atoms. The standard InChI is InChI=1S/C14H26N4O6/c19-11(20)6-14(7-12(21)22)9-16-5-4-15-2-1-3-17-10-18(14)8-13(23)24/h15-17H,1-10H2,(H,19,20)(H,21,22)(H,23,24). The summed E-state index contributed by atoms with van der Waals surface area (Å²) in [6, 6.07) is 0. The van der Waals surface area contributed by atoms with Gasteiger partial charge in [-0.15, -0.1) is 0 Å². The molecule has 1 saturated heterocycles. The Morgan fingerprint density at radius 1 is 0.833 bits per heavy atom. The Morgan fingerprint density at radius 2 is 1.42 bits per heavy atom. The molecule has 0 aliphatic carbocycles. The molecule has 24 heavy (non-hydrogen) atoms. The molecule has 0 saturated carbocycles. The van der Waals surface area contributed by atoms with E-state index in [1.807, 2.05) is 0 Å². The Balaban J connectivity index is 3.09. The summed E-state index contributed by atoms with van der Waals surface area (Å²) in [7, 11) is 0. The van der Waals surface area contributed by atoms with Gasteiger partial charge in [-0.05, 0) is 19.5 Å². The Morgan fingerprint density at radius 3 is 2.00 bits per heavy atom. The molecule has 1 aliphatic rings. The van der Waals surface area contributed by atoms with Gasteiger partial charge in [0.05, 0.1) is 24.9 Å². The van der Waals surface area contributed by atoms with Crippen LogP contribution in [-0.4, -0.2) is 89.6 Å². The molecule has 0 spiro atoms. The van der Waals surface area contributed by atoms with E-state index >= 15 is 0 Å². The van der Waals surface area contributed by atoms with Crippen molar-refractivity contribution in [1.82, 2.24) is 20.9 Å². The van der Waals surface area contributed by atoms with Crippen molar-refractivity contribution in [3.05, 3.63) is 0 Å². The summed E-state index contributed by atoms with van der Waals surface area (Å²) >= 11 is 0. The monoisotopic (exact) mass is 346 g/mol. The summed E-state index contributed by atoms with van der Waals surface area (Å²) in [5.74, 6) is -3.47. The first-order chi connectivity index (χ1) is 11.4. The van der Waals surface area contributed by atoms with E-state index in [-0.39, 0.29) is 13.2 Å². The SMILES string of the molecule is O=C(O)CN1CNCCCNCCNCC1(CC(=O)O)CC(=O)O. The maximum atomic E-state index is 11.3. The van der Waals surface area contributed by atoms with Crippen molar-refractivity contribution in [3.8, 4) is 0 Å². The maximum absolute atomic E-state index is 11.3. The molecular weight excluding hydrogens is 320 g/mol. The second kappa shape index (κ2) is 10.2. The first-order valence-electron chi connectivity index (χ1n) is 7.88. The molecular formula is C14H26N4O6. The highest BCUT2D eigenvalue weighted by atomic mass is 16.4. The second-order valence-electron chi connectivity index (χ2n) is 5.90. The summed E-state index contributed by atoms with van der Waals surface area (Å²) in [6.07, 6.45) is -0.102. The average Bonchev–Trinajstić information content (AvgIpc) is 2.44. The van der Waals surface area contributed by atoms with Gasteiger partial charge in [0.1, 0.15) is 0 Å². The van der Waals surface area contributed by atoms with E-state index in [0.29, 0.717) is 19.6 Å². The number of hydrogen-bond donors (Lipinski definition) is 6. The van der Waals surface area contributed by atoms with E-state index in [2.05, 4.69) is 16.0 Å². The van der Waals surface area contributed by atoms with Gasteiger partial charge in [0, 0.05) is 26.3 Å². The van der Waals surface area contributed by atoms with Gasteiger partial charge < -0.3 is 31.3 Å². The number of carbonyl (C=O) groups is 3. The number of nitrogens with zero attached hydrogens (tertiary/aromatic N) is 1. The van der Waals surface area contributed by atoms with Crippen molar-refractivity contribution >= 4 is 17.9 Å². The summed E-state index contributed by atoms with van der Waals surface area (Å²) in [5, 5.41) is 37.0. The lowest BCUT2D eigenvalue weighted by Crippen LogP contribution is -2.61. The maximum Gasteiger partial charge on any atom is 0.317 e.